The van der Waals surface area contributed by atoms with Crippen LogP contribution in [0.5, 0.6) is 5.75 Å². The lowest BCUT2D eigenvalue weighted by molar-refractivity contribution is 0.276. The summed E-state index contributed by atoms with van der Waals surface area (Å²) >= 11 is 0. The zero-order chi connectivity index (χ0) is 11.1. The number of halogens is 1. The largest absolute Gasteiger partial charge is 0.485 e. The number of rotatable bonds is 2. The van der Waals surface area contributed by atoms with E-state index in [1.165, 1.54) is 12.3 Å². The van der Waals surface area contributed by atoms with Gasteiger partial charge in [-0.25, -0.2) is 4.39 Å². The normalized spacial score (nSPS) is 16.5. The molecule has 0 radical (unpaired) electrons. The summed E-state index contributed by atoms with van der Waals surface area (Å²) in [5, 5.41) is 0. The van der Waals surface area contributed by atoms with Gasteiger partial charge >= 0.3 is 0 Å². The van der Waals surface area contributed by atoms with Gasteiger partial charge in [0.05, 0.1) is 11.8 Å². The monoisotopic (exact) mass is 209 g/mol. The standard InChI is InChI=1S/C12H16FNO/c1-12(2,3)11-10(15-8-4-5-8)9(13)6-7-14-11/h6-8H,4-5H2,1-3H3. The van der Waals surface area contributed by atoms with Gasteiger partial charge in [-0.1, -0.05) is 20.8 Å². The first kappa shape index (κ1) is 10.4. The Kier molecular flexibility index (Phi) is 2.41. The maximum absolute atomic E-state index is 13.6. The van der Waals surface area contributed by atoms with E-state index < -0.39 is 0 Å². The second-order valence-corrected chi connectivity index (χ2v) is 5.04. The van der Waals surface area contributed by atoms with Gasteiger partial charge in [0.1, 0.15) is 0 Å². The van der Waals surface area contributed by atoms with E-state index in [0.29, 0.717) is 11.4 Å². The van der Waals surface area contributed by atoms with Crippen molar-refractivity contribution in [3.05, 3.63) is 23.8 Å². The minimum Gasteiger partial charge on any atom is -0.485 e. The maximum atomic E-state index is 13.6. The van der Waals surface area contributed by atoms with Crippen LogP contribution in [-0.2, 0) is 5.41 Å². The van der Waals surface area contributed by atoms with Crippen LogP contribution in [0.3, 0.4) is 0 Å². The molecule has 1 saturated carbocycles. The van der Waals surface area contributed by atoms with E-state index in [9.17, 15) is 4.39 Å². The van der Waals surface area contributed by atoms with Crippen LogP contribution < -0.4 is 4.74 Å². The van der Waals surface area contributed by atoms with E-state index in [-0.39, 0.29) is 17.3 Å². The summed E-state index contributed by atoms with van der Waals surface area (Å²) in [5.41, 5.74) is 0.515. The quantitative estimate of drug-likeness (QED) is 0.746. The van der Waals surface area contributed by atoms with Crippen molar-refractivity contribution in [3.63, 3.8) is 0 Å². The minimum atomic E-state index is -0.304. The van der Waals surface area contributed by atoms with Crippen LogP contribution in [0.4, 0.5) is 4.39 Å². The summed E-state index contributed by atoms with van der Waals surface area (Å²) in [7, 11) is 0. The SMILES string of the molecule is CC(C)(C)c1nccc(F)c1OC1CC1. The predicted molar refractivity (Wildman–Crippen MR) is 56.5 cm³/mol. The summed E-state index contributed by atoms with van der Waals surface area (Å²) < 4.78 is 19.2. The highest BCUT2D eigenvalue weighted by Crippen LogP contribution is 2.35. The van der Waals surface area contributed by atoms with Crippen molar-refractivity contribution in [2.45, 2.75) is 45.1 Å². The fraction of sp³-hybridized carbons (Fsp3) is 0.583. The molecule has 82 valence electrons. The first-order valence-electron chi connectivity index (χ1n) is 5.30. The number of hydrogen-bond donors (Lipinski definition) is 0. The molecule has 1 aliphatic rings. The predicted octanol–water partition coefficient (Wildman–Crippen LogP) is 3.06. The van der Waals surface area contributed by atoms with Crippen LogP contribution in [0.25, 0.3) is 0 Å². The molecule has 0 unspecified atom stereocenters. The molecule has 0 amide bonds. The number of hydrogen-bond acceptors (Lipinski definition) is 2. The molecule has 1 fully saturated rings. The van der Waals surface area contributed by atoms with Gasteiger partial charge in [0.25, 0.3) is 0 Å². The molecule has 0 atom stereocenters. The molecule has 0 aliphatic heterocycles. The third-order valence-electron chi connectivity index (χ3n) is 2.38. The third-order valence-corrected chi connectivity index (χ3v) is 2.38. The van der Waals surface area contributed by atoms with E-state index in [1.54, 1.807) is 0 Å². The fourth-order valence-electron chi connectivity index (χ4n) is 1.42. The molecule has 1 aromatic rings. The van der Waals surface area contributed by atoms with Crippen LogP contribution in [-0.4, -0.2) is 11.1 Å². The molecule has 2 rings (SSSR count). The van der Waals surface area contributed by atoms with Gasteiger partial charge in [0.2, 0.25) is 0 Å². The zero-order valence-electron chi connectivity index (χ0n) is 9.38. The Hall–Kier alpha value is -1.12. The van der Waals surface area contributed by atoms with E-state index in [1.807, 2.05) is 20.8 Å². The van der Waals surface area contributed by atoms with E-state index in [0.717, 1.165) is 12.8 Å². The third kappa shape index (κ3) is 2.28. The van der Waals surface area contributed by atoms with Crippen LogP contribution in [0, 0.1) is 5.82 Å². The van der Waals surface area contributed by atoms with Gasteiger partial charge in [-0.15, -0.1) is 0 Å². The van der Waals surface area contributed by atoms with E-state index >= 15 is 0 Å². The van der Waals surface area contributed by atoms with Gasteiger partial charge in [0.15, 0.2) is 11.6 Å². The lowest BCUT2D eigenvalue weighted by Gasteiger charge is -2.21. The Bertz CT molecular complexity index is 366. The Morgan fingerprint density at radius 2 is 2.07 bits per heavy atom. The highest BCUT2D eigenvalue weighted by atomic mass is 19.1. The zero-order valence-corrected chi connectivity index (χ0v) is 9.38. The molecule has 0 bridgehead atoms. The van der Waals surface area contributed by atoms with Crippen molar-refractivity contribution in [3.8, 4) is 5.75 Å². The molecule has 0 spiro atoms. The first-order valence-corrected chi connectivity index (χ1v) is 5.30. The molecule has 2 nitrogen and oxygen atoms in total. The second-order valence-electron chi connectivity index (χ2n) is 5.04. The Labute approximate surface area is 89.5 Å². The molecule has 0 saturated heterocycles. The number of pyridine rings is 1. The average Bonchev–Trinajstić information content (AvgIpc) is 2.90. The summed E-state index contributed by atoms with van der Waals surface area (Å²) in [5.74, 6) is 0.0364. The lowest BCUT2D eigenvalue weighted by atomic mass is 9.91. The van der Waals surface area contributed by atoms with Crippen LogP contribution in [0.2, 0.25) is 0 Å². The molecule has 15 heavy (non-hydrogen) atoms. The smallest absolute Gasteiger partial charge is 0.177 e. The van der Waals surface area contributed by atoms with Crippen molar-refractivity contribution >= 4 is 0 Å². The first-order chi connectivity index (χ1) is 6.98. The van der Waals surface area contributed by atoms with Crippen molar-refractivity contribution < 1.29 is 9.13 Å². The van der Waals surface area contributed by atoms with E-state index in [2.05, 4.69) is 4.98 Å². The number of ether oxygens (including phenoxy) is 1. The number of nitrogens with zero attached hydrogens (tertiary/aromatic N) is 1. The second kappa shape index (κ2) is 3.47. The Morgan fingerprint density at radius 1 is 1.40 bits per heavy atom. The van der Waals surface area contributed by atoms with Crippen LogP contribution in [0.15, 0.2) is 12.3 Å². The molecule has 1 aliphatic carbocycles. The minimum absolute atomic E-state index is 0.188. The van der Waals surface area contributed by atoms with Gasteiger partial charge in [0, 0.05) is 11.6 Å². The van der Waals surface area contributed by atoms with Gasteiger partial charge in [-0.2, -0.15) is 0 Å². The summed E-state index contributed by atoms with van der Waals surface area (Å²) in [4.78, 5) is 4.23. The van der Waals surface area contributed by atoms with Crippen molar-refractivity contribution in [2.24, 2.45) is 0 Å². The van der Waals surface area contributed by atoms with Gasteiger partial charge < -0.3 is 4.74 Å². The van der Waals surface area contributed by atoms with Crippen LogP contribution >= 0.6 is 0 Å². The molecule has 0 aromatic carbocycles. The highest BCUT2D eigenvalue weighted by molar-refractivity contribution is 5.34. The topological polar surface area (TPSA) is 22.1 Å². The van der Waals surface area contributed by atoms with Crippen molar-refractivity contribution in [2.75, 3.05) is 0 Å². The maximum Gasteiger partial charge on any atom is 0.177 e. The molecule has 1 heterocycles. The summed E-state index contributed by atoms with van der Waals surface area (Å²) in [6.45, 7) is 6.03. The molecular weight excluding hydrogens is 193 g/mol. The molecule has 1 aromatic heterocycles. The fourth-order valence-corrected chi connectivity index (χ4v) is 1.42. The van der Waals surface area contributed by atoms with Crippen molar-refractivity contribution in [1.29, 1.82) is 0 Å². The lowest BCUT2D eigenvalue weighted by Crippen LogP contribution is -2.17. The molecular formula is C12H16FNO. The van der Waals surface area contributed by atoms with E-state index in [4.69, 9.17) is 4.74 Å². The average molecular weight is 209 g/mol. The number of aromatic nitrogens is 1. The van der Waals surface area contributed by atoms with Gasteiger partial charge in [-0.05, 0) is 18.9 Å². The molecule has 3 heteroatoms. The summed E-state index contributed by atoms with van der Waals surface area (Å²) in [6, 6.07) is 1.35. The molecule has 0 N–H and O–H groups in total. The van der Waals surface area contributed by atoms with Crippen LogP contribution in [0.1, 0.15) is 39.3 Å². The summed E-state index contributed by atoms with van der Waals surface area (Å²) in [6.07, 6.45) is 3.75. The van der Waals surface area contributed by atoms with Crippen molar-refractivity contribution in [1.82, 2.24) is 4.98 Å². The Morgan fingerprint density at radius 3 is 2.60 bits per heavy atom. The Balaban J connectivity index is 2.38. The highest BCUT2D eigenvalue weighted by Gasteiger charge is 2.29. The van der Waals surface area contributed by atoms with Gasteiger partial charge in [-0.3, -0.25) is 4.98 Å².